The maximum Gasteiger partial charge on any atom is 0.258 e. The summed E-state index contributed by atoms with van der Waals surface area (Å²) in [6, 6.07) is 6.86. The van der Waals surface area contributed by atoms with E-state index in [0.29, 0.717) is 21.5 Å². The van der Waals surface area contributed by atoms with Gasteiger partial charge in [-0.25, -0.2) is 4.99 Å². The molecule has 112 valence electrons. The summed E-state index contributed by atoms with van der Waals surface area (Å²) < 4.78 is 0. The molecule has 9 heteroatoms. The predicted molar refractivity (Wildman–Crippen MR) is 84.8 cm³/mol. The van der Waals surface area contributed by atoms with Gasteiger partial charge in [0.05, 0.1) is 17.5 Å². The Kier molecular flexibility index (Phi) is 4.21. The highest BCUT2D eigenvalue weighted by Crippen LogP contribution is 2.22. The number of aliphatic imine (C=N–C) groups is 1. The average molecular weight is 336 g/mol. The average Bonchev–Trinajstić information content (AvgIpc) is 2.94. The standard InChI is InChI=1S/C13H10ClN5O2S/c14-7-2-1-3-8(4-7)16-10(20)6-22-13-17-11-9(5-15-19-11)12(21)18-13/h1-5,11H,6H2,(H,16,20)(H,17,18,21). The Hall–Kier alpha value is -2.19. The number of azo groups is 1. The summed E-state index contributed by atoms with van der Waals surface area (Å²) in [6.07, 6.45) is 0.795. The number of fused-ring (bicyclic) bond motifs is 1. The van der Waals surface area contributed by atoms with Crippen molar-refractivity contribution in [1.82, 2.24) is 5.32 Å². The predicted octanol–water partition coefficient (Wildman–Crippen LogP) is 2.17. The molecular weight excluding hydrogens is 326 g/mol. The number of rotatable bonds is 3. The number of amides is 2. The third kappa shape index (κ3) is 3.34. The van der Waals surface area contributed by atoms with Crippen LogP contribution in [0.25, 0.3) is 0 Å². The Labute approximate surface area is 134 Å². The van der Waals surface area contributed by atoms with Crippen LogP contribution in [0, 0.1) is 0 Å². The van der Waals surface area contributed by atoms with Gasteiger partial charge in [0, 0.05) is 10.7 Å². The van der Waals surface area contributed by atoms with Crippen molar-refractivity contribution in [2.24, 2.45) is 15.2 Å². The van der Waals surface area contributed by atoms with Crippen molar-refractivity contribution in [3.8, 4) is 0 Å². The Morgan fingerprint density at radius 3 is 3.14 bits per heavy atom. The quantitative estimate of drug-likeness (QED) is 0.886. The molecule has 0 saturated heterocycles. The second-order valence-electron chi connectivity index (χ2n) is 4.42. The molecule has 2 heterocycles. The Morgan fingerprint density at radius 2 is 2.32 bits per heavy atom. The Bertz CT molecular complexity index is 731. The molecule has 0 fully saturated rings. The zero-order valence-corrected chi connectivity index (χ0v) is 12.7. The molecule has 0 aliphatic carbocycles. The van der Waals surface area contributed by atoms with Gasteiger partial charge in [-0.1, -0.05) is 29.4 Å². The lowest BCUT2D eigenvalue weighted by Crippen LogP contribution is -2.38. The van der Waals surface area contributed by atoms with E-state index in [2.05, 4.69) is 25.9 Å². The molecule has 0 bridgehead atoms. The molecule has 3 rings (SSSR count). The number of nitrogens with zero attached hydrogens (tertiary/aromatic N) is 3. The van der Waals surface area contributed by atoms with Crippen LogP contribution in [0.1, 0.15) is 0 Å². The number of carbonyl (C=O) groups excluding carboxylic acids is 2. The van der Waals surface area contributed by atoms with Crippen molar-refractivity contribution in [2.75, 3.05) is 11.1 Å². The van der Waals surface area contributed by atoms with E-state index >= 15 is 0 Å². The number of anilines is 1. The number of thioether (sulfide) groups is 1. The topological polar surface area (TPSA) is 95.3 Å². The molecule has 0 radical (unpaired) electrons. The minimum absolute atomic E-state index is 0.106. The molecule has 1 unspecified atom stereocenters. The van der Waals surface area contributed by atoms with Crippen LogP contribution in [0.3, 0.4) is 0 Å². The van der Waals surface area contributed by atoms with Crippen LogP contribution in [0.2, 0.25) is 5.02 Å². The molecule has 1 aromatic carbocycles. The molecule has 2 N–H and O–H groups in total. The summed E-state index contributed by atoms with van der Waals surface area (Å²) in [4.78, 5) is 27.8. The molecule has 0 spiro atoms. The van der Waals surface area contributed by atoms with Crippen molar-refractivity contribution in [2.45, 2.75) is 6.17 Å². The highest BCUT2D eigenvalue weighted by atomic mass is 35.5. The molecule has 1 aromatic rings. The number of hydrogen-bond donors (Lipinski definition) is 2. The number of nitrogens with one attached hydrogen (secondary N) is 2. The fourth-order valence-corrected chi connectivity index (χ4v) is 2.71. The van der Waals surface area contributed by atoms with Crippen LogP contribution in [0.4, 0.5) is 5.69 Å². The summed E-state index contributed by atoms with van der Waals surface area (Å²) in [5, 5.41) is 13.7. The van der Waals surface area contributed by atoms with Gasteiger partial charge in [-0.2, -0.15) is 10.2 Å². The molecular formula is C13H10ClN5O2S. The summed E-state index contributed by atoms with van der Waals surface area (Å²) in [6.45, 7) is 0. The van der Waals surface area contributed by atoms with Crippen molar-refractivity contribution in [3.63, 3.8) is 0 Å². The minimum Gasteiger partial charge on any atom is -0.325 e. The minimum atomic E-state index is -0.591. The highest BCUT2D eigenvalue weighted by molar-refractivity contribution is 8.14. The van der Waals surface area contributed by atoms with E-state index in [4.69, 9.17) is 11.6 Å². The van der Waals surface area contributed by atoms with E-state index in [9.17, 15) is 9.59 Å². The molecule has 7 nitrogen and oxygen atoms in total. The van der Waals surface area contributed by atoms with Crippen LogP contribution in [-0.4, -0.2) is 28.9 Å². The van der Waals surface area contributed by atoms with Gasteiger partial charge < -0.3 is 10.6 Å². The van der Waals surface area contributed by atoms with Gasteiger partial charge in [-0.3, -0.25) is 9.59 Å². The third-order valence-corrected chi connectivity index (χ3v) is 3.94. The summed E-state index contributed by atoms with van der Waals surface area (Å²) in [5.74, 6) is -0.407. The molecule has 0 aromatic heterocycles. The number of carbonyl (C=O) groups is 2. The molecule has 1 atom stereocenters. The van der Waals surface area contributed by atoms with Gasteiger partial charge in [0.15, 0.2) is 11.3 Å². The smallest absolute Gasteiger partial charge is 0.258 e. The van der Waals surface area contributed by atoms with E-state index < -0.39 is 6.17 Å². The molecule has 2 aliphatic heterocycles. The fraction of sp³-hybridized carbons (Fsp3) is 0.154. The fourth-order valence-electron chi connectivity index (χ4n) is 1.84. The maximum absolute atomic E-state index is 11.9. The SMILES string of the molecule is O=C(CSC1=NC2N=NC=C2C(=O)N1)Nc1cccc(Cl)c1. The van der Waals surface area contributed by atoms with Crippen LogP contribution in [-0.2, 0) is 9.59 Å². The van der Waals surface area contributed by atoms with Gasteiger partial charge in [-0.15, -0.1) is 0 Å². The van der Waals surface area contributed by atoms with E-state index in [1.807, 2.05) is 0 Å². The summed E-state index contributed by atoms with van der Waals surface area (Å²) in [5.41, 5.74) is 1.02. The maximum atomic E-state index is 11.9. The van der Waals surface area contributed by atoms with E-state index in [1.54, 1.807) is 24.3 Å². The second kappa shape index (κ2) is 6.29. The lowest BCUT2D eigenvalue weighted by Gasteiger charge is -2.16. The number of benzene rings is 1. The lowest BCUT2D eigenvalue weighted by molar-refractivity contribution is -0.116. The van der Waals surface area contributed by atoms with Crippen molar-refractivity contribution >= 4 is 46.0 Å². The first-order valence-corrected chi connectivity index (χ1v) is 7.65. The van der Waals surface area contributed by atoms with Crippen molar-refractivity contribution in [1.29, 1.82) is 0 Å². The van der Waals surface area contributed by atoms with Crippen LogP contribution >= 0.6 is 23.4 Å². The third-order valence-electron chi connectivity index (χ3n) is 2.82. The Balaban J connectivity index is 1.56. The van der Waals surface area contributed by atoms with Crippen molar-refractivity contribution in [3.05, 3.63) is 41.1 Å². The first kappa shape index (κ1) is 14.7. The number of hydrogen-bond acceptors (Lipinski definition) is 6. The molecule has 2 aliphatic rings. The van der Waals surface area contributed by atoms with Gasteiger partial charge in [-0.05, 0) is 18.2 Å². The van der Waals surface area contributed by atoms with E-state index in [0.717, 1.165) is 11.8 Å². The normalized spacial score (nSPS) is 19.1. The summed E-state index contributed by atoms with van der Waals surface area (Å²) in [7, 11) is 0. The van der Waals surface area contributed by atoms with Gasteiger partial charge in [0.25, 0.3) is 5.91 Å². The Morgan fingerprint density at radius 1 is 1.45 bits per heavy atom. The molecule has 2 amide bonds. The van der Waals surface area contributed by atoms with Crippen LogP contribution in [0.15, 0.2) is 51.3 Å². The molecule has 22 heavy (non-hydrogen) atoms. The van der Waals surface area contributed by atoms with Crippen LogP contribution in [0.5, 0.6) is 0 Å². The van der Waals surface area contributed by atoms with E-state index in [1.165, 1.54) is 6.20 Å². The highest BCUT2D eigenvalue weighted by Gasteiger charge is 2.29. The van der Waals surface area contributed by atoms with Crippen molar-refractivity contribution < 1.29 is 9.59 Å². The largest absolute Gasteiger partial charge is 0.325 e. The zero-order valence-electron chi connectivity index (χ0n) is 11.1. The first-order chi connectivity index (χ1) is 10.6. The van der Waals surface area contributed by atoms with Gasteiger partial charge >= 0.3 is 0 Å². The first-order valence-electron chi connectivity index (χ1n) is 6.29. The number of halogens is 1. The monoisotopic (exact) mass is 335 g/mol. The molecule has 0 saturated carbocycles. The number of amidine groups is 1. The van der Waals surface area contributed by atoms with Gasteiger partial charge in [0.1, 0.15) is 0 Å². The zero-order chi connectivity index (χ0) is 15.5. The van der Waals surface area contributed by atoms with Crippen LogP contribution < -0.4 is 10.6 Å². The van der Waals surface area contributed by atoms with Gasteiger partial charge in [0.2, 0.25) is 5.91 Å². The lowest BCUT2D eigenvalue weighted by atomic mass is 10.2. The summed E-state index contributed by atoms with van der Waals surface area (Å²) >= 11 is 6.97. The van der Waals surface area contributed by atoms with E-state index in [-0.39, 0.29) is 17.6 Å². The second-order valence-corrected chi connectivity index (χ2v) is 5.83.